The molecule has 34 heavy (non-hydrogen) atoms. The minimum Gasteiger partial charge on any atom is -0.373 e. The molecule has 0 aromatic heterocycles. The van der Waals surface area contributed by atoms with Gasteiger partial charge in [-0.2, -0.15) is 13.2 Å². The van der Waals surface area contributed by atoms with Crippen LogP contribution in [0.2, 0.25) is 0 Å². The third-order valence-electron chi connectivity index (χ3n) is 6.87. The highest BCUT2D eigenvalue weighted by Gasteiger charge is 2.31. The Kier molecular flexibility index (Phi) is 7.96. The summed E-state index contributed by atoms with van der Waals surface area (Å²) in [7, 11) is 0. The van der Waals surface area contributed by atoms with Crippen LogP contribution in [0, 0.1) is 29.3 Å². The quantitative estimate of drug-likeness (QED) is 0.195. The number of alkyl halides is 4. The maximum Gasteiger partial charge on any atom is 0.409 e. The maximum atomic E-state index is 14.9. The molecule has 2 atom stereocenters. The lowest BCUT2D eigenvalue weighted by Gasteiger charge is -2.37. The van der Waals surface area contributed by atoms with Crippen LogP contribution in [0.1, 0.15) is 55.8 Å². The maximum absolute atomic E-state index is 14.9. The molecule has 1 nitrogen and oxygen atoms in total. The largest absolute Gasteiger partial charge is 0.409 e. The van der Waals surface area contributed by atoms with E-state index in [4.69, 9.17) is 4.74 Å². The fraction of sp³-hybridized carbons (Fsp3) is 0.462. The Morgan fingerprint density at radius 3 is 2.03 bits per heavy atom. The van der Waals surface area contributed by atoms with Gasteiger partial charge in [0.2, 0.25) is 0 Å². The highest BCUT2D eigenvalue weighted by molar-refractivity contribution is 14.1. The number of rotatable bonds is 4. The van der Waals surface area contributed by atoms with E-state index in [0.29, 0.717) is 30.1 Å². The average molecular weight is 594 g/mol. The van der Waals surface area contributed by atoms with Gasteiger partial charge < -0.3 is 4.74 Å². The lowest BCUT2D eigenvalue weighted by atomic mass is 9.77. The van der Waals surface area contributed by atoms with Gasteiger partial charge in [0.1, 0.15) is 17.5 Å². The predicted octanol–water partition coefficient (Wildman–Crippen LogP) is 8.81. The molecule has 1 aliphatic heterocycles. The first kappa shape index (κ1) is 25.5. The highest BCUT2D eigenvalue weighted by atomic mass is 127. The van der Waals surface area contributed by atoms with Crippen LogP contribution in [0.3, 0.4) is 0 Å². The van der Waals surface area contributed by atoms with E-state index in [1.165, 1.54) is 37.8 Å². The number of benzene rings is 2. The van der Waals surface area contributed by atoms with Gasteiger partial charge in [0, 0.05) is 21.1 Å². The van der Waals surface area contributed by atoms with Crippen LogP contribution >= 0.6 is 22.6 Å². The molecule has 0 amide bonds. The zero-order valence-corrected chi connectivity index (χ0v) is 20.5. The van der Waals surface area contributed by atoms with Gasteiger partial charge >= 0.3 is 6.18 Å². The number of allylic oxidation sites excluding steroid dienone is 1. The third kappa shape index (κ3) is 6.17. The Bertz CT molecular complexity index is 1010. The van der Waals surface area contributed by atoms with E-state index in [9.17, 15) is 26.3 Å². The average Bonchev–Trinajstić information content (AvgIpc) is 2.78. The summed E-state index contributed by atoms with van der Waals surface area (Å²) in [6.45, 7) is 0.647. The Morgan fingerprint density at radius 2 is 1.47 bits per heavy atom. The van der Waals surface area contributed by atoms with Crippen molar-refractivity contribution < 1.29 is 31.1 Å². The molecule has 0 spiro atoms. The summed E-state index contributed by atoms with van der Waals surface area (Å²) in [5, 5.41) is 0. The highest BCUT2D eigenvalue weighted by Crippen LogP contribution is 2.41. The van der Waals surface area contributed by atoms with E-state index in [0.717, 1.165) is 28.9 Å². The molecule has 2 unspecified atom stereocenters. The number of hydrogen-bond donors (Lipinski definition) is 0. The van der Waals surface area contributed by atoms with Gasteiger partial charge in [-0.15, -0.1) is 0 Å². The summed E-state index contributed by atoms with van der Waals surface area (Å²) in [5.74, 6) is -1.85. The van der Waals surface area contributed by atoms with E-state index in [2.05, 4.69) is 22.6 Å². The van der Waals surface area contributed by atoms with Crippen molar-refractivity contribution in [3.05, 3.63) is 65.0 Å². The van der Waals surface area contributed by atoms with E-state index in [1.54, 1.807) is 6.07 Å². The van der Waals surface area contributed by atoms with Crippen molar-refractivity contribution in [1.29, 1.82) is 0 Å². The van der Waals surface area contributed by atoms with Crippen LogP contribution in [0.25, 0.3) is 17.2 Å². The first-order valence-electron chi connectivity index (χ1n) is 11.4. The first-order valence-corrected chi connectivity index (χ1v) is 12.7. The molecule has 8 heteroatoms. The van der Waals surface area contributed by atoms with Gasteiger partial charge in [-0.05, 0) is 85.8 Å². The Balaban J connectivity index is 1.45. The SMILES string of the molecule is Fc1cc(C2CCC(C3CCC(I)CC3)CO2)ccc1-c1cc(F)c(/C=C/C(F)(F)F)c(F)c1. The summed E-state index contributed by atoms with van der Waals surface area (Å²) < 4.78 is 87.3. The minimum absolute atomic E-state index is 0.0304. The second-order valence-electron chi connectivity index (χ2n) is 9.14. The van der Waals surface area contributed by atoms with E-state index < -0.39 is 29.2 Å². The molecule has 184 valence electrons. The van der Waals surface area contributed by atoms with E-state index >= 15 is 0 Å². The lowest BCUT2D eigenvalue weighted by Crippen LogP contribution is -2.29. The fourth-order valence-corrected chi connectivity index (χ4v) is 5.72. The number of ether oxygens (including phenoxy) is 1. The second kappa shape index (κ2) is 10.6. The molecule has 1 saturated heterocycles. The van der Waals surface area contributed by atoms with E-state index in [1.807, 2.05) is 0 Å². The fourth-order valence-electron chi connectivity index (χ4n) is 5.00. The molecule has 0 N–H and O–H groups in total. The minimum atomic E-state index is -4.70. The molecule has 2 aromatic carbocycles. The molecule has 4 rings (SSSR count). The van der Waals surface area contributed by atoms with Crippen LogP contribution in [0.4, 0.5) is 26.3 Å². The van der Waals surface area contributed by atoms with Crippen LogP contribution < -0.4 is 0 Å². The standard InChI is InChI=1S/C26H25F6IO/c27-22-11-16(25-8-4-17(14-34-25)15-1-5-19(33)6-2-15)3-7-20(22)18-12-23(28)21(24(29)13-18)9-10-26(30,31)32/h3,7,9-13,15,17,19,25H,1-2,4-6,8,14H2/b10-9+. The van der Waals surface area contributed by atoms with Crippen LogP contribution in [-0.4, -0.2) is 16.7 Å². The molecule has 0 bridgehead atoms. The molecule has 0 radical (unpaired) electrons. The molecule has 2 aromatic rings. The summed E-state index contributed by atoms with van der Waals surface area (Å²) in [6.07, 6.45) is 1.92. The molecule has 1 heterocycles. The topological polar surface area (TPSA) is 9.23 Å². The van der Waals surface area contributed by atoms with Gasteiger partial charge in [-0.1, -0.05) is 34.7 Å². The molecule has 1 aliphatic carbocycles. The van der Waals surface area contributed by atoms with Crippen LogP contribution in [0.15, 0.2) is 36.4 Å². The van der Waals surface area contributed by atoms with Gasteiger partial charge in [-0.25, -0.2) is 13.2 Å². The molecule has 1 saturated carbocycles. The molecule has 2 aliphatic rings. The molecular formula is C26H25F6IO. The van der Waals surface area contributed by atoms with Crippen molar-refractivity contribution >= 4 is 28.7 Å². The van der Waals surface area contributed by atoms with Gasteiger partial charge in [-0.3, -0.25) is 0 Å². The lowest BCUT2D eigenvalue weighted by molar-refractivity contribution is -0.0790. The van der Waals surface area contributed by atoms with Gasteiger partial charge in [0.05, 0.1) is 12.7 Å². The van der Waals surface area contributed by atoms with Crippen LogP contribution in [0.5, 0.6) is 0 Å². The monoisotopic (exact) mass is 594 g/mol. The Labute approximate surface area is 208 Å². The van der Waals surface area contributed by atoms with Crippen molar-refractivity contribution in [2.24, 2.45) is 11.8 Å². The normalized spacial score (nSPS) is 26.2. The Morgan fingerprint density at radius 1 is 0.824 bits per heavy atom. The van der Waals surface area contributed by atoms with Gasteiger partial charge in [0.25, 0.3) is 0 Å². The smallest absolute Gasteiger partial charge is 0.373 e. The van der Waals surface area contributed by atoms with E-state index in [-0.39, 0.29) is 23.3 Å². The molecule has 2 fully saturated rings. The van der Waals surface area contributed by atoms with Crippen molar-refractivity contribution in [2.45, 2.75) is 54.7 Å². The van der Waals surface area contributed by atoms with Crippen molar-refractivity contribution in [1.82, 2.24) is 0 Å². The summed E-state index contributed by atoms with van der Waals surface area (Å²) in [5.41, 5.74) is -0.271. The van der Waals surface area contributed by atoms with Crippen molar-refractivity contribution in [3.8, 4) is 11.1 Å². The predicted molar refractivity (Wildman–Crippen MR) is 128 cm³/mol. The zero-order chi connectivity index (χ0) is 24.5. The van der Waals surface area contributed by atoms with Crippen molar-refractivity contribution in [3.63, 3.8) is 0 Å². The zero-order valence-electron chi connectivity index (χ0n) is 18.4. The summed E-state index contributed by atoms with van der Waals surface area (Å²) in [6, 6.07) is 6.10. The second-order valence-corrected chi connectivity index (χ2v) is 10.9. The van der Waals surface area contributed by atoms with Crippen LogP contribution in [-0.2, 0) is 4.74 Å². The molecular weight excluding hydrogens is 569 g/mol. The van der Waals surface area contributed by atoms with Gasteiger partial charge in [0.15, 0.2) is 0 Å². The number of halogens is 7. The summed E-state index contributed by atoms with van der Waals surface area (Å²) in [4.78, 5) is 0. The summed E-state index contributed by atoms with van der Waals surface area (Å²) >= 11 is 2.52. The number of hydrogen-bond acceptors (Lipinski definition) is 1. The Hall–Kier alpha value is -1.55. The third-order valence-corrected chi connectivity index (χ3v) is 8.12. The van der Waals surface area contributed by atoms with Crippen molar-refractivity contribution in [2.75, 3.05) is 6.61 Å². The first-order chi connectivity index (χ1) is 16.1.